The first kappa shape index (κ1) is 16.0. The predicted molar refractivity (Wildman–Crippen MR) is 84.5 cm³/mol. The zero-order chi connectivity index (χ0) is 15.9. The number of carbonyl (C=O) groups excluding carboxylic acids is 2. The van der Waals surface area contributed by atoms with Crippen molar-refractivity contribution >= 4 is 23.5 Å². The summed E-state index contributed by atoms with van der Waals surface area (Å²) in [5.74, 6) is -0.479. The lowest BCUT2D eigenvalue weighted by molar-refractivity contribution is -0.119. The van der Waals surface area contributed by atoms with E-state index in [2.05, 4.69) is 5.32 Å². The second kappa shape index (κ2) is 7.61. The highest BCUT2D eigenvalue weighted by atomic mass is 35.5. The van der Waals surface area contributed by atoms with Crippen LogP contribution in [-0.2, 0) is 22.7 Å². The summed E-state index contributed by atoms with van der Waals surface area (Å²) in [6.07, 6.45) is 0. The fourth-order valence-corrected chi connectivity index (χ4v) is 1.92. The average Bonchev–Trinajstić information content (AvgIpc) is 2.52. The van der Waals surface area contributed by atoms with Gasteiger partial charge in [-0.15, -0.1) is 0 Å². The molecule has 0 aliphatic carbocycles. The van der Waals surface area contributed by atoms with E-state index in [0.29, 0.717) is 17.1 Å². The molecule has 22 heavy (non-hydrogen) atoms. The SMILES string of the molecule is CC(=O)NCc1ccc(C(=O)OCc2ccc(Cl)cc2)cc1. The summed E-state index contributed by atoms with van der Waals surface area (Å²) in [5.41, 5.74) is 2.27. The molecular formula is C17H16ClNO3. The molecule has 2 aromatic carbocycles. The lowest BCUT2D eigenvalue weighted by Crippen LogP contribution is -2.18. The van der Waals surface area contributed by atoms with Crippen molar-refractivity contribution in [3.8, 4) is 0 Å². The number of hydrogen-bond donors (Lipinski definition) is 1. The van der Waals surface area contributed by atoms with E-state index >= 15 is 0 Å². The molecule has 0 saturated heterocycles. The Kier molecular flexibility index (Phi) is 5.55. The fraction of sp³-hybridized carbons (Fsp3) is 0.176. The third-order valence-corrected chi connectivity index (χ3v) is 3.27. The molecule has 1 amide bonds. The zero-order valence-electron chi connectivity index (χ0n) is 12.1. The molecule has 5 heteroatoms. The Morgan fingerprint density at radius 1 is 1.00 bits per heavy atom. The molecule has 0 unspecified atom stereocenters. The Balaban J connectivity index is 1.89. The maximum absolute atomic E-state index is 11.9. The molecule has 114 valence electrons. The largest absolute Gasteiger partial charge is 0.457 e. The van der Waals surface area contributed by atoms with Gasteiger partial charge in [0.2, 0.25) is 5.91 Å². The summed E-state index contributed by atoms with van der Waals surface area (Å²) in [6, 6.07) is 14.1. The number of ether oxygens (including phenoxy) is 1. The van der Waals surface area contributed by atoms with E-state index in [1.165, 1.54) is 6.92 Å². The van der Waals surface area contributed by atoms with Crippen LogP contribution < -0.4 is 5.32 Å². The second-order valence-corrected chi connectivity index (χ2v) is 5.25. The quantitative estimate of drug-likeness (QED) is 0.861. The topological polar surface area (TPSA) is 55.4 Å². The number of hydrogen-bond acceptors (Lipinski definition) is 3. The number of halogens is 1. The van der Waals surface area contributed by atoms with Gasteiger partial charge in [0.05, 0.1) is 5.56 Å². The summed E-state index contributed by atoms with van der Waals surface area (Å²) in [7, 11) is 0. The summed E-state index contributed by atoms with van der Waals surface area (Å²) >= 11 is 5.80. The third kappa shape index (κ3) is 4.90. The summed E-state index contributed by atoms with van der Waals surface area (Å²) in [5, 5.41) is 3.34. The number of nitrogens with one attached hydrogen (secondary N) is 1. The van der Waals surface area contributed by atoms with Crippen LogP contribution in [-0.4, -0.2) is 11.9 Å². The minimum atomic E-state index is -0.388. The van der Waals surface area contributed by atoms with Gasteiger partial charge in [-0.05, 0) is 35.4 Å². The molecule has 2 aromatic rings. The molecule has 0 heterocycles. The van der Waals surface area contributed by atoms with Gasteiger partial charge in [-0.25, -0.2) is 4.79 Å². The van der Waals surface area contributed by atoms with Crippen LogP contribution in [0.1, 0.15) is 28.4 Å². The van der Waals surface area contributed by atoms with Gasteiger partial charge < -0.3 is 10.1 Å². The second-order valence-electron chi connectivity index (χ2n) is 4.81. The Labute approximate surface area is 134 Å². The van der Waals surface area contributed by atoms with Crippen molar-refractivity contribution in [3.63, 3.8) is 0 Å². The third-order valence-electron chi connectivity index (χ3n) is 3.01. The van der Waals surface area contributed by atoms with Crippen molar-refractivity contribution < 1.29 is 14.3 Å². The van der Waals surface area contributed by atoms with Crippen LogP contribution in [0.4, 0.5) is 0 Å². The first-order valence-corrected chi connectivity index (χ1v) is 7.17. The smallest absolute Gasteiger partial charge is 0.338 e. The van der Waals surface area contributed by atoms with Gasteiger partial charge in [-0.3, -0.25) is 4.79 Å². The van der Waals surface area contributed by atoms with Gasteiger partial charge >= 0.3 is 5.97 Å². The van der Waals surface area contributed by atoms with Gasteiger partial charge in [-0.2, -0.15) is 0 Å². The van der Waals surface area contributed by atoms with Crippen LogP contribution >= 0.6 is 11.6 Å². The summed E-state index contributed by atoms with van der Waals surface area (Å²) in [6.45, 7) is 2.10. The van der Waals surface area contributed by atoms with Crippen LogP contribution in [0.15, 0.2) is 48.5 Å². The predicted octanol–water partition coefficient (Wildman–Crippen LogP) is 3.33. The number of rotatable bonds is 5. The molecule has 2 rings (SSSR count). The maximum atomic E-state index is 11.9. The van der Waals surface area contributed by atoms with Crippen molar-refractivity contribution in [2.24, 2.45) is 0 Å². The average molecular weight is 318 g/mol. The van der Waals surface area contributed by atoms with Crippen LogP contribution in [0.2, 0.25) is 5.02 Å². The first-order chi connectivity index (χ1) is 10.5. The van der Waals surface area contributed by atoms with E-state index in [9.17, 15) is 9.59 Å². The molecule has 0 aromatic heterocycles. The van der Waals surface area contributed by atoms with Crippen LogP contribution in [0.25, 0.3) is 0 Å². The van der Waals surface area contributed by atoms with Gasteiger partial charge in [-0.1, -0.05) is 35.9 Å². The summed E-state index contributed by atoms with van der Waals surface area (Å²) in [4.78, 5) is 22.8. The zero-order valence-corrected chi connectivity index (χ0v) is 12.9. The molecule has 0 radical (unpaired) electrons. The van der Waals surface area contributed by atoms with Crippen LogP contribution in [0, 0.1) is 0 Å². The Bertz CT molecular complexity index is 651. The molecule has 1 N–H and O–H groups in total. The van der Waals surface area contributed by atoms with Crippen molar-refractivity contribution in [1.29, 1.82) is 0 Å². The molecule has 0 aliphatic rings. The maximum Gasteiger partial charge on any atom is 0.338 e. The highest BCUT2D eigenvalue weighted by molar-refractivity contribution is 6.30. The number of amides is 1. The van der Waals surface area contributed by atoms with E-state index in [1.807, 2.05) is 12.1 Å². The van der Waals surface area contributed by atoms with E-state index < -0.39 is 0 Å². The number of carbonyl (C=O) groups is 2. The van der Waals surface area contributed by atoms with E-state index in [-0.39, 0.29) is 18.5 Å². The van der Waals surface area contributed by atoms with Crippen LogP contribution in [0.5, 0.6) is 0 Å². The van der Waals surface area contributed by atoms with Gasteiger partial charge in [0.25, 0.3) is 0 Å². The molecule has 0 spiro atoms. The van der Waals surface area contributed by atoms with E-state index in [4.69, 9.17) is 16.3 Å². The molecule has 0 fully saturated rings. The standard InChI is InChI=1S/C17H16ClNO3/c1-12(20)19-10-13-2-6-15(7-3-13)17(21)22-11-14-4-8-16(18)9-5-14/h2-9H,10-11H2,1H3,(H,19,20). The fourth-order valence-electron chi connectivity index (χ4n) is 1.80. The van der Waals surface area contributed by atoms with Crippen molar-refractivity contribution in [1.82, 2.24) is 5.32 Å². The molecule has 4 nitrogen and oxygen atoms in total. The lowest BCUT2D eigenvalue weighted by Gasteiger charge is -2.06. The Hall–Kier alpha value is -2.33. The van der Waals surface area contributed by atoms with Gasteiger partial charge in [0.1, 0.15) is 6.61 Å². The minimum absolute atomic E-state index is 0.0912. The molecule has 0 saturated carbocycles. The molecular weight excluding hydrogens is 302 g/mol. The molecule has 0 bridgehead atoms. The Morgan fingerprint density at radius 2 is 1.59 bits per heavy atom. The monoisotopic (exact) mass is 317 g/mol. The first-order valence-electron chi connectivity index (χ1n) is 6.79. The minimum Gasteiger partial charge on any atom is -0.457 e. The molecule has 0 aliphatic heterocycles. The molecule has 0 atom stereocenters. The van der Waals surface area contributed by atoms with Crippen molar-refractivity contribution in [3.05, 3.63) is 70.2 Å². The van der Waals surface area contributed by atoms with Crippen LogP contribution in [0.3, 0.4) is 0 Å². The number of benzene rings is 2. The van der Waals surface area contributed by atoms with Gasteiger partial charge in [0, 0.05) is 18.5 Å². The van der Waals surface area contributed by atoms with E-state index in [0.717, 1.165) is 11.1 Å². The Morgan fingerprint density at radius 3 is 2.18 bits per heavy atom. The van der Waals surface area contributed by atoms with Crippen molar-refractivity contribution in [2.45, 2.75) is 20.1 Å². The van der Waals surface area contributed by atoms with Crippen molar-refractivity contribution in [2.75, 3.05) is 0 Å². The highest BCUT2D eigenvalue weighted by Gasteiger charge is 2.07. The van der Waals surface area contributed by atoms with Gasteiger partial charge in [0.15, 0.2) is 0 Å². The highest BCUT2D eigenvalue weighted by Crippen LogP contribution is 2.12. The summed E-state index contributed by atoms with van der Waals surface area (Å²) < 4.78 is 5.24. The number of esters is 1. The lowest BCUT2D eigenvalue weighted by atomic mass is 10.1. The van der Waals surface area contributed by atoms with E-state index in [1.54, 1.807) is 36.4 Å². The normalized spacial score (nSPS) is 10.1.